The van der Waals surface area contributed by atoms with Crippen LogP contribution in [0.2, 0.25) is 0 Å². The molecule has 0 atom stereocenters. The largest absolute Gasteiger partial charge is 0.497 e. The second-order valence-electron chi connectivity index (χ2n) is 6.27. The third-order valence-electron chi connectivity index (χ3n) is 4.46. The Bertz CT molecular complexity index is 1050. The zero-order chi connectivity index (χ0) is 19.3. The highest BCUT2D eigenvalue weighted by Gasteiger charge is 2.14. The van der Waals surface area contributed by atoms with Crippen LogP contribution < -0.4 is 14.4 Å². The maximum atomic E-state index is 5.82. The van der Waals surface area contributed by atoms with Gasteiger partial charge in [-0.3, -0.25) is 0 Å². The summed E-state index contributed by atoms with van der Waals surface area (Å²) in [5.74, 6) is 2.44. The summed E-state index contributed by atoms with van der Waals surface area (Å²) in [4.78, 5) is 10.9. The molecular formula is C21H21N5O2. The molecule has 0 saturated carbocycles. The van der Waals surface area contributed by atoms with Gasteiger partial charge in [-0.25, -0.2) is 14.6 Å². The van der Waals surface area contributed by atoms with Crippen LogP contribution in [0.15, 0.2) is 67.1 Å². The molecule has 0 spiro atoms. The average molecular weight is 375 g/mol. The summed E-state index contributed by atoms with van der Waals surface area (Å²) in [5.41, 5.74) is 1.74. The highest BCUT2D eigenvalue weighted by atomic mass is 16.5. The van der Waals surface area contributed by atoms with Gasteiger partial charge in [0.15, 0.2) is 5.65 Å². The van der Waals surface area contributed by atoms with E-state index in [2.05, 4.69) is 15.1 Å². The lowest BCUT2D eigenvalue weighted by Gasteiger charge is -2.19. The van der Waals surface area contributed by atoms with E-state index in [1.54, 1.807) is 19.6 Å². The Morgan fingerprint density at radius 1 is 0.964 bits per heavy atom. The molecule has 142 valence electrons. The van der Waals surface area contributed by atoms with Crippen LogP contribution in [0.25, 0.3) is 16.7 Å². The van der Waals surface area contributed by atoms with Crippen LogP contribution in [0.1, 0.15) is 0 Å². The maximum absolute atomic E-state index is 5.82. The first kappa shape index (κ1) is 17.8. The number of rotatable bonds is 7. The molecule has 0 radical (unpaired) electrons. The van der Waals surface area contributed by atoms with Gasteiger partial charge in [-0.15, -0.1) is 0 Å². The summed E-state index contributed by atoms with van der Waals surface area (Å²) in [6.07, 6.45) is 3.37. The Morgan fingerprint density at radius 2 is 1.71 bits per heavy atom. The van der Waals surface area contributed by atoms with Gasteiger partial charge in [0.1, 0.15) is 30.3 Å². The predicted octanol–water partition coefficient (Wildman–Crippen LogP) is 3.34. The number of benzene rings is 2. The molecule has 0 saturated heterocycles. The van der Waals surface area contributed by atoms with Gasteiger partial charge in [0, 0.05) is 7.05 Å². The Labute approximate surface area is 163 Å². The number of fused-ring (bicyclic) bond motifs is 1. The van der Waals surface area contributed by atoms with Crippen molar-refractivity contribution in [2.75, 3.05) is 32.2 Å². The van der Waals surface area contributed by atoms with E-state index in [9.17, 15) is 0 Å². The Hall–Kier alpha value is -3.61. The van der Waals surface area contributed by atoms with E-state index in [0.717, 1.165) is 34.0 Å². The number of hydrogen-bond acceptors (Lipinski definition) is 6. The van der Waals surface area contributed by atoms with Crippen molar-refractivity contribution in [3.63, 3.8) is 0 Å². The lowest BCUT2D eigenvalue weighted by molar-refractivity contribution is 0.325. The van der Waals surface area contributed by atoms with Crippen LogP contribution >= 0.6 is 0 Å². The maximum Gasteiger partial charge on any atom is 0.168 e. The molecule has 7 nitrogen and oxygen atoms in total. The van der Waals surface area contributed by atoms with Gasteiger partial charge in [0.25, 0.3) is 0 Å². The quantitative estimate of drug-likeness (QED) is 0.494. The topological polar surface area (TPSA) is 65.3 Å². The summed E-state index contributed by atoms with van der Waals surface area (Å²) < 4.78 is 12.8. The molecule has 0 amide bonds. The number of hydrogen-bond donors (Lipinski definition) is 0. The van der Waals surface area contributed by atoms with E-state index in [0.29, 0.717) is 13.2 Å². The molecule has 7 heteroatoms. The van der Waals surface area contributed by atoms with Gasteiger partial charge >= 0.3 is 0 Å². The third-order valence-corrected chi connectivity index (χ3v) is 4.46. The van der Waals surface area contributed by atoms with E-state index >= 15 is 0 Å². The van der Waals surface area contributed by atoms with Gasteiger partial charge in [0.2, 0.25) is 0 Å². The van der Waals surface area contributed by atoms with Crippen LogP contribution in [0.4, 0.5) is 5.82 Å². The SMILES string of the molecule is COc1ccc(OCCN(C)c2ncnc3c2cnn3-c2ccccc2)cc1. The van der Waals surface area contributed by atoms with E-state index in [1.165, 1.54) is 0 Å². The Balaban J connectivity index is 1.48. The molecule has 0 bridgehead atoms. The van der Waals surface area contributed by atoms with Gasteiger partial charge in [0.05, 0.1) is 30.9 Å². The average Bonchev–Trinajstić information content (AvgIpc) is 3.19. The number of nitrogens with zero attached hydrogens (tertiary/aromatic N) is 5. The molecular weight excluding hydrogens is 354 g/mol. The first-order valence-corrected chi connectivity index (χ1v) is 8.98. The van der Waals surface area contributed by atoms with Gasteiger partial charge in [-0.1, -0.05) is 18.2 Å². The molecule has 0 aliphatic heterocycles. The minimum absolute atomic E-state index is 0.529. The second kappa shape index (κ2) is 7.96. The first-order chi connectivity index (χ1) is 13.8. The third kappa shape index (κ3) is 3.59. The molecule has 0 aliphatic rings. The number of para-hydroxylation sites is 1. The molecule has 0 unspecified atom stereocenters. The van der Waals surface area contributed by atoms with E-state index in [-0.39, 0.29) is 0 Å². The summed E-state index contributed by atoms with van der Waals surface area (Å²) in [6.45, 7) is 1.20. The van der Waals surface area contributed by atoms with E-state index in [4.69, 9.17) is 9.47 Å². The Kier molecular flexibility index (Phi) is 5.05. The van der Waals surface area contributed by atoms with Crippen molar-refractivity contribution in [2.24, 2.45) is 0 Å². The number of aromatic nitrogens is 4. The van der Waals surface area contributed by atoms with Crippen molar-refractivity contribution >= 4 is 16.9 Å². The summed E-state index contributed by atoms with van der Waals surface area (Å²) in [6, 6.07) is 17.5. The summed E-state index contributed by atoms with van der Waals surface area (Å²) in [5, 5.41) is 5.40. The van der Waals surface area contributed by atoms with Crippen molar-refractivity contribution in [3.8, 4) is 17.2 Å². The lowest BCUT2D eigenvalue weighted by atomic mass is 10.3. The number of anilines is 1. The molecule has 28 heavy (non-hydrogen) atoms. The van der Waals surface area contributed by atoms with Gasteiger partial charge in [-0.05, 0) is 36.4 Å². The summed E-state index contributed by atoms with van der Waals surface area (Å²) in [7, 11) is 3.63. The Morgan fingerprint density at radius 3 is 2.46 bits per heavy atom. The predicted molar refractivity (Wildman–Crippen MR) is 108 cm³/mol. The number of likely N-dealkylation sites (N-methyl/N-ethyl adjacent to an activating group) is 1. The minimum atomic E-state index is 0.529. The van der Waals surface area contributed by atoms with Crippen molar-refractivity contribution < 1.29 is 9.47 Å². The van der Waals surface area contributed by atoms with E-state index < -0.39 is 0 Å². The van der Waals surface area contributed by atoms with Crippen LogP contribution in [0.5, 0.6) is 11.5 Å². The monoisotopic (exact) mass is 375 g/mol. The molecule has 2 aromatic carbocycles. The molecule has 2 heterocycles. The van der Waals surface area contributed by atoms with E-state index in [1.807, 2.05) is 71.2 Å². The zero-order valence-corrected chi connectivity index (χ0v) is 15.8. The minimum Gasteiger partial charge on any atom is -0.497 e. The van der Waals surface area contributed by atoms with Crippen LogP contribution in [0.3, 0.4) is 0 Å². The molecule has 0 N–H and O–H groups in total. The summed E-state index contributed by atoms with van der Waals surface area (Å²) >= 11 is 0. The van der Waals surface area contributed by atoms with Crippen molar-refractivity contribution in [2.45, 2.75) is 0 Å². The highest BCUT2D eigenvalue weighted by Crippen LogP contribution is 2.24. The fourth-order valence-electron chi connectivity index (χ4n) is 2.97. The normalized spacial score (nSPS) is 10.8. The second-order valence-corrected chi connectivity index (χ2v) is 6.27. The van der Waals surface area contributed by atoms with Crippen LogP contribution in [0, 0.1) is 0 Å². The van der Waals surface area contributed by atoms with Gasteiger partial charge in [-0.2, -0.15) is 5.10 Å². The first-order valence-electron chi connectivity index (χ1n) is 8.98. The van der Waals surface area contributed by atoms with Crippen LogP contribution in [-0.2, 0) is 0 Å². The molecule has 4 rings (SSSR count). The fourth-order valence-corrected chi connectivity index (χ4v) is 2.97. The molecule has 0 fully saturated rings. The van der Waals surface area contributed by atoms with Crippen molar-refractivity contribution in [1.82, 2.24) is 19.7 Å². The van der Waals surface area contributed by atoms with Gasteiger partial charge < -0.3 is 14.4 Å². The van der Waals surface area contributed by atoms with Crippen molar-refractivity contribution in [3.05, 3.63) is 67.1 Å². The van der Waals surface area contributed by atoms with Crippen molar-refractivity contribution in [1.29, 1.82) is 0 Å². The number of methoxy groups -OCH3 is 1. The smallest absolute Gasteiger partial charge is 0.168 e. The molecule has 0 aliphatic carbocycles. The van der Waals surface area contributed by atoms with Crippen LogP contribution in [-0.4, -0.2) is 47.1 Å². The number of ether oxygens (including phenoxy) is 2. The molecule has 2 aromatic heterocycles. The fraction of sp³-hybridized carbons (Fsp3) is 0.190. The zero-order valence-electron chi connectivity index (χ0n) is 15.8. The molecule has 4 aromatic rings. The lowest BCUT2D eigenvalue weighted by Crippen LogP contribution is -2.24. The standard InChI is InChI=1S/C21H21N5O2/c1-25(12-13-28-18-10-8-17(27-2)9-11-18)20-19-14-24-26(21(19)23-15-22-20)16-6-4-3-5-7-16/h3-11,14-15H,12-13H2,1-2H3. The highest BCUT2D eigenvalue weighted by molar-refractivity contribution is 5.87.